The standard InChI is InChI=1S/C17H20N4O3S/c1-18-17(23)24-13-7-8-19-9-12(13)15(22)21-16-20-10-14(25-16)11-5-3-2-4-6-11/h2-6,10,12-13,19H,7-9H2,1H3,(H,18,23)(H,20,21,22). The zero-order valence-corrected chi connectivity index (χ0v) is 14.6. The summed E-state index contributed by atoms with van der Waals surface area (Å²) in [6.07, 6.45) is 1.37. The molecule has 0 spiro atoms. The highest BCUT2D eigenvalue weighted by Gasteiger charge is 2.34. The number of nitrogens with zero attached hydrogens (tertiary/aromatic N) is 1. The fourth-order valence-corrected chi connectivity index (χ4v) is 3.52. The third-order valence-corrected chi connectivity index (χ3v) is 4.97. The van der Waals surface area contributed by atoms with Crippen molar-refractivity contribution in [2.75, 3.05) is 25.5 Å². The Labute approximate surface area is 149 Å². The van der Waals surface area contributed by atoms with Crippen LogP contribution in [-0.2, 0) is 9.53 Å². The highest BCUT2D eigenvalue weighted by molar-refractivity contribution is 7.19. The molecule has 8 heteroatoms. The highest BCUT2D eigenvalue weighted by Crippen LogP contribution is 2.29. The van der Waals surface area contributed by atoms with E-state index in [9.17, 15) is 9.59 Å². The molecule has 1 fully saturated rings. The van der Waals surface area contributed by atoms with Crippen molar-refractivity contribution in [1.82, 2.24) is 15.6 Å². The van der Waals surface area contributed by atoms with Gasteiger partial charge in [-0.3, -0.25) is 4.79 Å². The van der Waals surface area contributed by atoms with Crippen LogP contribution in [0.4, 0.5) is 9.93 Å². The fourth-order valence-electron chi connectivity index (χ4n) is 2.70. The molecule has 3 rings (SSSR count). The minimum atomic E-state index is -0.523. The molecule has 2 unspecified atom stereocenters. The summed E-state index contributed by atoms with van der Waals surface area (Å²) in [5.41, 5.74) is 1.06. The monoisotopic (exact) mass is 360 g/mol. The minimum absolute atomic E-state index is 0.199. The number of hydrogen-bond donors (Lipinski definition) is 3. The smallest absolute Gasteiger partial charge is 0.407 e. The molecular formula is C17H20N4O3S. The van der Waals surface area contributed by atoms with E-state index in [-0.39, 0.29) is 5.91 Å². The second-order valence-corrected chi connectivity index (χ2v) is 6.71. The third kappa shape index (κ3) is 4.34. The predicted octanol–water partition coefficient (Wildman–Crippen LogP) is 2.08. The van der Waals surface area contributed by atoms with Crippen LogP contribution in [0.25, 0.3) is 10.4 Å². The Kier molecular flexibility index (Phi) is 5.62. The van der Waals surface area contributed by atoms with E-state index in [1.54, 1.807) is 6.20 Å². The molecule has 2 atom stereocenters. The first-order valence-corrected chi connectivity index (χ1v) is 8.90. The number of anilines is 1. The average Bonchev–Trinajstić information content (AvgIpc) is 3.11. The predicted molar refractivity (Wildman–Crippen MR) is 96.5 cm³/mol. The van der Waals surface area contributed by atoms with E-state index >= 15 is 0 Å². The Morgan fingerprint density at radius 2 is 2.12 bits per heavy atom. The van der Waals surface area contributed by atoms with E-state index in [1.165, 1.54) is 18.4 Å². The molecule has 1 aromatic carbocycles. The number of alkyl carbamates (subject to hydrolysis) is 1. The Morgan fingerprint density at radius 1 is 1.32 bits per heavy atom. The number of carbonyl (C=O) groups is 2. The Balaban J connectivity index is 1.66. The number of aromatic nitrogens is 1. The SMILES string of the molecule is CNC(=O)OC1CCNCC1C(=O)Nc1ncc(-c2ccccc2)s1. The van der Waals surface area contributed by atoms with Gasteiger partial charge in [0.1, 0.15) is 6.10 Å². The summed E-state index contributed by atoms with van der Waals surface area (Å²) < 4.78 is 5.32. The van der Waals surface area contributed by atoms with Crippen LogP contribution in [0, 0.1) is 5.92 Å². The lowest BCUT2D eigenvalue weighted by Gasteiger charge is -2.30. The topological polar surface area (TPSA) is 92.4 Å². The van der Waals surface area contributed by atoms with Gasteiger partial charge < -0.3 is 20.7 Å². The second kappa shape index (κ2) is 8.09. The molecule has 3 N–H and O–H groups in total. The summed E-state index contributed by atoms with van der Waals surface area (Å²) in [4.78, 5) is 29.3. The molecule has 0 saturated carbocycles. The molecule has 25 heavy (non-hydrogen) atoms. The van der Waals surface area contributed by atoms with E-state index in [2.05, 4.69) is 20.9 Å². The molecule has 7 nitrogen and oxygen atoms in total. The number of amides is 2. The van der Waals surface area contributed by atoms with Crippen LogP contribution in [-0.4, -0.2) is 43.2 Å². The zero-order valence-electron chi connectivity index (χ0n) is 13.8. The maximum Gasteiger partial charge on any atom is 0.407 e. The largest absolute Gasteiger partial charge is 0.445 e. The van der Waals surface area contributed by atoms with Gasteiger partial charge in [0, 0.05) is 19.8 Å². The van der Waals surface area contributed by atoms with Crippen LogP contribution >= 0.6 is 11.3 Å². The van der Waals surface area contributed by atoms with E-state index in [4.69, 9.17) is 4.74 Å². The van der Waals surface area contributed by atoms with Gasteiger partial charge >= 0.3 is 6.09 Å². The summed E-state index contributed by atoms with van der Waals surface area (Å²) in [5.74, 6) is -0.648. The molecule has 0 radical (unpaired) electrons. The number of nitrogens with one attached hydrogen (secondary N) is 3. The molecule has 1 aliphatic heterocycles. The summed E-state index contributed by atoms with van der Waals surface area (Å²) in [6, 6.07) is 9.87. The molecule has 2 aromatic rings. The Hall–Kier alpha value is -2.45. The molecule has 132 valence electrons. The van der Waals surface area contributed by atoms with Gasteiger partial charge in [0.05, 0.1) is 10.8 Å². The van der Waals surface area contributed by atoms with E-state index in [0.29, 0.717) is 24.6 Å². The second-order valence-electron chi connectivity index (χ2n) is 5.68. The maximum absolute atomic E-state index is 12.6. The molecule has 0 aliphatic carbocycles. The third-order valence-electron chi connectivity index (χ3n) is 4.01. The van der Waals surface area contributed by atoms with Gasteiger partial charge in [-0.25, -0.2) is 9.78 Å². The molecular weight excluding hydrogens is 340 g/mol. The van der Waals surface area contributed by atoms with Crippen molar-refractivity contribution < 1.29 is 14.3 Å². The van der Waals surface area contributed by atoms with Crippen molar-refractivity contribution in [2.24, 2.45) is 5.92 Å². The van der Waals surface area contributed by atoms with E-state index in [1.807, 2.05) is 30.3 Å². The van der Waals surface area contributed by atoms with Crippen LogP contribution < -0.4 is 16.0 Å². The summed E-state index contributed by atoms with van der Waals surface area (Å²) in [7, 11) is 1.50. The van der Waals surface area contributed by atoms with Gasteiger partial charge in [0.25, 0.3) is 0 Å². The summed E-state index contributed by atoms with van der Waals surface area (Å²) in [5, 5.41) is 8.96. The molecule has 1 aliphatic rings. The van der Waals surface area contributed by atoms with Crippen LogP contribution in [0.15, 0.2) is 36.5 Å². The lowest BCUT2D eigenvalue weighted by atomic mass is 9.95. The van der Waals surface area contributed by atoms with Gasteiger partial charge in [0.2, 0.25) is 5.91 Å². The first kappa shape index (κ1) is 17.4. The summed E-state index contributed by atoms with van der Waals surface area (Å²) in [6.45, 7) is 1.17. The van der Waals surface area contributed by atoms with E-state index < -0.39 is 18.1 Å². The lowest BCUT2D eigenvalue weighted by molar-refractivity contribution is -0.124. The van der Waals surface area contributed by atoms with Gasteiger partial charge in [-0.1, -0.05) is 41.7 Å². The summed E-state index contributed by atoms with van der Waals surface area (Å²) >= 11 is 1.41. The number of carbonyl (C=O) groups excluding carboxylic acids is 2. The van der Waals surface area contributed by atoms with Crippen molar-refractivity contribution >= 4 is 28.5 Å². The molecule has 0 bridgehead atoms. The number of benzene rings is 1. The molecule has 1 aromatic heterocycles. The number of thiazole rings is 1. The number of hydrogen-bond acceptors (Lipinski definition) is 6. The van der Waals surface area contributed by atoms with Crippen LogP contribution in [0.2, 0.25) is 0 Å². The number of piperidine rings is 1. The first-order valence-electron chi connectivity index (χ1n) is 8.08. The van der Waals surface area contributed by atoms with Gasteiger partial charge in [-0.2, -0.15) is 0 Å². The van der Waals surface area contributed by atoms with Crippen molar-refractivity contribution in [2.45, 2.75) is 12.5 Å². The zero-order chi connectivity index (χ0) is 17.6. The Bertz CT molecular complexity index is 735. The van der Waals surface area contributed by atoms with Crippen molar-refractivity contribution in [3.63, 3.8) is 0 Å². The minimum Gasteiger partial charge on any atom is -0.445 e. The molecule has 2 heterocycles. The van der Waals surface area contributed by atoms with Crippen molar-refractivity contribution in [1.29, 1.82) is 0 Å². The van der Waals surface area contributed by atoms with Crippen LogP contribution in [0.1, 0.15) is 6.42 Å². The van der Waals surface area contributed by atoms with E-state index in [0.717, 1.165) is 10.4 Å². The van der Waals surface area contributed by atoms with Gasteiger partial charge in [0.15, 0.2) is 5.13 Å². The highest BCUT2D eigenvalue weighted by atomic mass is 32.1. The van der Waals surface area contributed by atoms with Crippen LogP contribution in [0.5, 0.6) is 0 Å². The van der Waals surface area contributed by atoms with Crippen LogP contribution in [0.3, 0.4) is 0 Å². The normalized spacial score (nSPS) is 19.9. The Morgan fingerprint density at radius 3 is 2.88 bits per heavy atom. The maximum atomic E-state index is 12.6. The molecule has 1 saturated heterocycles. The number of rotatable bonds is 4. The fraction of sp³-hybridized carbons (Fsp3) is 0.353. The lowest BCUT2D eigenvalue weighted by Crippen LogP contribution is -2.48. The quantitative estimate of drug-likeness (QED) is 0.776. The molecule has 2 amide bonds. The van der Waals surface area contributed by atoms with Crippen molar-refractivity contribution in [3.05, 3.63) is 36.5 Å². The first-order chi connectivity index (χ1) is 12.2. The number of ether oxygens (including phenoxy) is 1. The van der Waals surface area contributed by atoms with Crippen molar-refractivity contribution in [3.8, 4) is 10.4 Å². The van der Waals surface area contributed by atoms with Gasteiger partial charge in [-0.05, 0) is 18.5 Å². The van der Waals surface area contributed by atoms with Gasteiger partial charge in [-0.15, -0.1) is 0 Å². The average molecular weight is 360 g/mol.